The minimum Gasteiger partial charge on any atom is -0.346 e. The molecule has 4 aliphatic rings. The molecule has 6 rings (SSSR count). The van der Waals surface area contributed by atoms with Gasteiger partial charge in [-0.15, -0.1) is 0 Å². The lowest BCUT2D eigenvalue weighted by Crippen LogP contribution is -2.51. The highest BCUT2D eigenvalue weighted by Crippen LogP contribution is 2.59. The van der Waals surface area contributed by atoms with Gasteiger partial charge in [-0.1, -0.05) is 81.8 Å². The second-order valence-electron chi connectivity index (χ2n) is 11.7. The lowest BCUT2D eigenvalue weighted by atomic mass is 9.62. The normalized spacial score (nSPS) is 32.8. The van der Waals surface area contributed by atoms with E-state index < -0.39 is 0 Å². The molecule has 2 aliphatic heterocycles. The Kier molecular flexibility index (Phi) is 5.46. The first-order valence-electron chi connectivity index (χ1n) is 13.8. The van der Waals surface area contributed by atoms with Gasteiger partial charge < -0.3 is 9.80 Å². The summed E-state index contributed by atoms with van der Waals surface area (Å²) in [7, 11) is 0. The van der Waals surface area contributed by atoms with Crippen LogP contribution in [0.3, 0.4) is 0 Å². The van der Waals surface area contributed by atoms with Crippen LogP contribution >= 0.6 is 0 Å². The van der Waals surface area contributed by atoms with Crippen molar-refractivity contribution in [3.8, 4) is 0 Å². The van der Waals surface area contributed by atoms with Crippen molar-refractivity contribution in [2.75, 3.05) is 9.80 Å². The van der Waals surface area contributed by atoms with Gasteiger partial charge in [-0.25, -0.2) is 0 Å². The molecule has 0 radical (unpaired) electrons. The number of nitrogens with zero attached hydrogens (tertiary/aromatic N) is 2. The molecule has 176 valence electrons. The molecule has 0 bridgehead atoms. The van der Waals surface area contributed by atoms with Gasteiger partial charge in [-0.2, -0.15) is 0 Å². The quantitative estimate of drug-likeness (QED) is 0.478. The Bertz CT molecular complexity index is 986. The van der Waals surface area contributed by atoms with Crippen molar-refractivity contribution in [3.63, 3.8) is 0 Å². The average molecular weight is 443 g/mol. The van der Waals surface area contributed by atoms with Crippen LogP contribution in [0.2, 0.25) is 0 Å². The van der Waals surface area contributed by atoms with E-state index in [1.54, 1.807) is 11.3 Å². The van der Waals surface area contributed by atoms with Crippen LogP contribution < -0.4 is 9.80 Å². The SMILES string of the molecule is Cc1ccccc1N1C(C2CCCCC2)N2c3ccccc3C(C)(C3CCCCC3)C2[C@@H]1C. The highest BCUT2D eigenvalue weighted by Gasteiger charge is 2.62. The van der Waals surface area contributed by atoms with Crippen molar-refractivity contribution >= 4 is 11.4 Å². The van der Waals surface area contributed by atoms with Crippen LogP contribution in [0.1, 0.15) is 89.2 Å². The first kappa shape index (κ1) is 21.6. The third-order valence-corrected chi connectivity index (χ3v) is 10.1. The predicted molar refractivity (Wildman–Crippen MR) is 140 cm³/mol. The van der Waals surface area contributed by atoms with Gasteiger partial charge in [0.15, 0.2) is 0 Å². The summed E-state index contributed by atoms with van der Waals surface area (Å²) in [5.41, 5.74) is 6.34. The molecule has 3 unspecified atom stereocenters. The summed E-state index contributed by atoms with van der Waals surface area (Å²) in [6, 6.07) is 19.8. The molecule has 4 atom stereocenters. The molecule has 2 aromatic rings. The maximum absolute atomic E-state index is 2.96. The number of fused-ring (bicyclic) bond motifs is 3. The second kappa shape index (κ2) is 8.36. The smallest absolute Gasteiger partial charge is 0.105 e. The molecule has 0 amide bonds. The zero-order chi connectivity index (χ0) is 22.6. The molecule has 33 heavy (non-hydrogen) atoms. The monoisotopic (exact) mass is 442 g/mol. The summed E-state index contributed by atoms with van der Waals surface area (Å²) in [4.78, 5) is 5.84. The van der Waals surface area contributed by atoms with E-state index in [9.17, 15) is 0 Å². The van der Waals surface area contributed by atoms with Gasteiger partial charge in [-0.3, -0.25) is 0 Å². The number of anilines is 2. The zero-order valence-electron chi connectivity index (χ0n) is 21.0. The summed E-state index contributed by atoms with van der Waals surface area (Å²) in [5.74, 6) is 1.56. The van der Waals surface area contributed by atoms with Gasteiger partial charge in [0.25, 0.3) is 0 Å². The van der Waals surface area contributed by atoms with Crippen molar-refractivity contribution < 1.29 is 0 Å². The summed E-state index contributed by atoms with van der Waals surface area (Å²) in [6.07, 6.45) is 14.5. The fourth-order valence-electron chi connectivity index (χ4n) is 8.59. The Labute approximate surface area is 201 Å². The van der Waals surface area contributed by atoms with Crippen LogP contribution in [0, 0.1) is 18.8 Å². The summed E-state index contributed by atoms with van der Waals surface area (Å²) in [5, 5.41) is 0. The molecule has 1 saturated heterocycles. The fourth-order valence-corrected chi connectivity index (χ4v) is 8.59. The molecule has 2 nitrogen and oxygen atoms in total. The van der Waals surface area contributed by atoms with Gasteiger partial charge in [0, 0.05) is 22.8 Å². The molecular formula is C31H42N2. The van der Waals surface area contributed by atoms with E-state index in [0.717, 1.165) is 11.8 Å². The van der Waals surface area contributed by atoms with Gasteiger partial charge in [0.1, 0.15) is 6.17 Å². The van der Waals surface area contributed by atoms with Gasteiger partial charge in [0.2, 0.25) is 0 Å². The highest BCUT2D eigenvalue weighted by atomic mass is 15.5. The molecule has 2 heterocycles. The van der Waals surface area contributed by atoms with Crippen molar-refractivity contribution in [1.29, 1.82) is 0 Å². The molecule has 2 aliphatic carbocycles. The van der Waals surface area contributed by atoms with E-state index >= 15 is 0 Å². The van der Waals surface area contributed by atoms with Crippen LogP contribution in [-0.4, -0.2) is 18.2 Å². The lowest BCUT2D eigenvalue weighted by molar-refractivity contribution is 0.189. The number of hydrogen-bond donors (Lipinski definition) is 0. The van der Waals surface area contributed by atoms with E-state index in [0.29, 0.717) is 18.2 Å². The number of para-hydroxylation sites is 2. The molecule has 2 saturated carbocycles. The first-order chi connectivity index (χ1) is 16.1. The number of benzene rings is 2. The third kappa shape index (κ3) is 3.19. The lowest BCUT2D eigenvalue weighted by Gasteiger charge is -2.44. The highest BCUT2D eigenvalue weighted by molar-refractivity contribution is 5.72. The Morgan fingerprint density at radius 3 is 2.03 bits per heavy atom. The Morgan fingerprint density at radius 2 is 1.33 bits per heavy atom. The Hall–Kier alpha value is -1.96. The first-order valence-corrected chi connectivity index (χ1v) is 13.8. The van der Waals surface area contributed by atoms with E-state index in [2.05, 4.69) is 79.1 Å². The van der Waals surface area contributed by atoms with Crippen LogP contribution in [0.15, 0.2) is 48.5 Å². The van der Waals surface area contributed by atoms with E-state index in [1.807, 2.05) is 0 Å². The van der Waals surface area contributed by atoms with Crippen LogP contribution in [0.5, 0.6) is 0 Å². The van der Waals surface area contributed by atoms with E-state index in [-0.39, 0.29) is 5.41 Å². The van der Waals surface area contributed by atoms with Gasteiger partial charge >= 0.3 is 0 Å². The molecule has 2 heteroatoms. The average Bonchev–Trinajstić information content (AvgIpc) is 3.32. The largest absolute Gasteiger partial charge is 0.346 e. The van der Waals surface area contributed by atoms with Crippen molar-refractivity contribution in [2.45, 2.75) is 109 Å². The molecular weight excluding hydrogens is 400 g/mol. The minimum absolute atomic E-state index is 0.237. The van der Waals surface area contributed by atoms with Gasteiger partial charge in [-0.05, 0) is 74.6 Å². The Morgan fingerprint density at radius 1 is 0.727 bits per heavy atom. The van der Waals surface area contributed by atoms with Crippen molar-refractivity contribution in [2.24, 2.45) is 11.8 Å². The predicted octanol–water partition coefficient (Wildman–Crippen LogP) is 7.84. The second-order valence-corrected chi connectivity index (χ2v) is 11.7. The van der Waals surface area contributed by atoms with E-state index in [4.69, 9.17) is 0 Å². The van der Waals surface area contributed by atoms with Crippen LogP contribution in [0.25, 0.3) is 0 Å². The third-order valence-electron chi connectivity index (χ3n) is 10.1. The fraction of sp³-hybridized carbons (Fsp3) is 0.613. The molecule has 2 aromatic carbocycles. The number of hydrogen-bond acceptors (Lipinski definition) is 2. The maximum atomic E-state index is 2.96. The summed E-state index contributed by atoms with van der Waals surface area (Å²) >= 11 is 0. The van der Waals surface area contributed by atoms with E-state index in [1.165, 1.54) is 75.5 Å². The molecule has 0 N–H and O–H groups in total. The van der Waals surface area contributed by atoms with Crippen molar-refractivity contribution in [3.05, 3.63) is 59.7 Å². The molecule has 0 aromatic heterocycles. The number of aryl methyl sites for hydroxylation is 1. The van der Waals surface area contributed by atoms with Crippen LogP contribution in [-0.2, 0) is 5.41 Å². The van der Waals surface area contributed by atoms with Gasteiger partial charge in [0.05, 0.1) is 6.04 Å². The minimum atomic E-state index is 0.237. The van der Waals surface area contributed by atoms with Crippen LogP contribution in [0.4, 0.5) is 11.4 Å². The standard InChI is InChI=1S/C31H42N2/c1-22-14-10-12-20-27(22)32-23(2)29-31(3,25-17-8-5-9-18-25)26-19-11-13-21-28(26)33(29)30(32)24-15-6-4-7-16-24/h10-14,19-21,23-25,29-30H,4-9,15-18H2,1-3H3/t23-,29?,30?,31?/m0/s1. The topological polar surface area (TPSA) is 6.48 Å². The number of rotatable bonds is 3. The maximum Gasteiger partial charge on any atom is 0.105 e. The summed E-state index contributed by atoms with van der Waals surface area (Å²) < 4.78 is 0. The molecule has 0 spiro atoms. The Balaban J connectivity index is 1.52. The summed E-state index contributed by atoms with van der Waals surface area (Å²) in [6.45, 7) is 7.53. The van der Waals surface area contributed by atoms with Crippen molar-refractivity contribution in [1.82, 2.24) is 0 Å². The zero-order valence-corrected chi connectivity index (χ0v) is 21.0. The molecule has 3 fully saturated rings.